The largest absolute Gasteiger partial charge is 0.472 e. The Morgan fingerprint density at radius 3 is 3.17 bits per heavy atom. The van der Waals surface area contributed by atoms with Gasteiger partial charge in [-0.3, -0.25) is 0 Å². The molecule has 0 aromatic carbocycles. The molecule has 0 spiro atoms. The minimum Gasteiger partial charge on any atom is -0.472 e. The average Bonchev–Trinajstić information content (AvgIpc) is 2.74. The average molecular weight is 186 g/mol. The molecule has 1 aliphatic heterocycles. The molecule has 1 fully saturated rings. The zero-order valence-corrected chi connectivity index (χ0v) is 7.34. The van der Waals surface area contributed by atoms with E-state index < -0.39 is 0 Å². The van der Waals surface area contributed by atoms with Gasteiger partial charge in [0.05, 0.1) is 31.0 Å². The van der Waals surface area contributed by atoms with E-state index in [2.05, 4.69) is 0 Å². The lowest BCUT2D eigenvalue weighted by molar-refractivity contribution is 0.279. The van der Waals surface area contributed by atoms with Crippen molar-refractivity contribution in [3.63, 3.8) is 0 Å². The predicted molar refractivity (Wildman–Crippen MR) is 45.5 cm³/mol. The van der Waals surface area contributed by atoms with Gasteiger partial charge in [-0.1, -0.05) is 0 Å². The van der Waals surface area contributed by atoms with Crippen LogP contribution in [0.15, 0.2) is 16.9 Å². The van der Waals surface area contributed by atoms with E-state index >= 15 is 0 Å². The quantitative estimate of drug-likeness (QED) is 0.716. The van der Waals surface area contributed by atoms with Crippen molar-refractivity contribution in [2.24, 2.45) is 0 Å². The summed E-state index contributed by atoms with van der Waals surface area (Å²) in [4.78, 5) is 0. The van der Waals surface area contributed by atoms with Crippen LogP contribution in [0.25, 0.3) is 0 Å². The molecule has 2 rings (SSSR count). The maximum atomic E-state index is 8.96. The van der Waals surface area contributed by atoms with Crippen LogP contribution in [-0.4, -0.2) is 11.7 Å². The maximum absolute atomic E-state index is 8.96. The molecule has 1 N–H and O–H groups in total. The molecule has 1 aromatic heterocycles. The van der Waals surface area contributed by atoms with Crippen molar-refractivity contribution in [2.75, 3.05) is 6.61 Å². The van der Waals surface area contributed by atoms with Gasteiger partial charge < -0.3 is 13.7 Å². The third-order valence-electron chi connectivity index (χ3n) is 1.94. The van der Waals surface area contributed by atoms with Crippen LogP contribution in [0, 0.1) is 0 Å². The molecule has 2 heterocycles. The number of hydrogen-bond acceptors (Lipinski definition) is 4. The Morgan fingerprint density at radius 2 is 2.50 bits per heavy atom. The first-order chi connectivity index (χ1) is 5.92. The number of aliphatic hydroxyl groups excluding tert-OH is 1. The highest BCUT2D eigenvalue weighted by Crippen LogP contribution is 2.40. The van der Waals surface area contributed by atoms with Crippen molar-refractivity contribution >= 4 is 12.0 Å². The Morgan fingerprint density at radius 1 is 1.58 bits per heavy atom. The van der Waals surface area contributed by atoms with Gasteiger partial charge in [0.15, 0.2) is 0 Å². The van der Waals surface area contributed by atoms with E-state index in [-0.39, 0.29) is 6.61 Å². The summed E-state index contributed by atoms with van der Waals surface area (Å²) in [5.74, 6) is 0. The Labute approximate surface area is 74.9 Å². The Balaban J connectivity index is 2.19. The van der Waals surface area contributed by atoms with Gasteiger partial charge in [0.25, 0.3) is 0 Å². The molecule has 1 saturated heterocycles. The summed E-state index contributed by atoms with van der Waals surface area (Å²) in [6.45, 7) is 0.828. The Bertz CT molecular complexity index is 253. The van der Waals surface area contributed by atoms with E-state index in [1.807, 2.05) is 0 Å². The van der Waals surface area contributed by atoms with Crippen molar-refractivity contribution in [3.05, 3.63) is 23.7 Å². The fraction of sp³-hybridized carbons (Fsp3) is 0.500. The van der Waals surface area contributed by atoms with Crippen molar-refractivity contribution in [3.8, 4) is 0 Å². The minimum absolute atomic E-state index is 0.0445. The first-order valence-corrected chi connectivity index (χ1v) is 4.66. The number of rotatable bonds is 2. The van der Waals surface area contributed by atoms with Crippen molar-refractivity contribution in [1.29, 1.82) is 0 Å². The number of aliphatic hydroxyl groups is 1. The van der Waals surface area contributed by atoms with Gasteiger partial charge in [0.1, 0.15) is 0 Å². The third kappa shape index (κ3) is 1.37. The summed E-state index contributed by atoms with van der Waals surface area (Å²) in [6, 6.07) is 0. The Hall–Kier alpha value is -0.450. The second-order valence-corrected chi connectivity index (χ2v) is 3.70. The summed E-state index contributed by atoms with van der Waals surface area (Å²) < 4.78 is 10.2. The van der Waals surface area contributed by atoms with Crippen LogP contribution in [0.5, 0.6) is 0 Å². The fourth-order valence-corrected chi connectivity index (χ4v) is 2.15. The lowest BCUT2D eigenvalue weighted by Gasteiger charge is -2.03. The standard InChI is InChI=1S/C8H10O3S/c9-3-6-4-10-5-7(6)8-1-2-11-12-8/h4-5,8-9H,1-3H2. The van der Waals surface area contributed by atoms with Gasteiger partial charge in [-0.05, 0) is 18.5 Å². The van der Waals surface area contributed by atoms with Crippen LogP contribution >= 0.6 is 12.0 Å². The van der Waals surface area contributed by atoms with Gasteiger partial charge in [0, 0.05) is 11.1 Å². The SMILES string of the molecule is OCc1cocc1C1CCOS1. The molecular formula is C8H10O3S. The molecule has 0 radical (unpaired) electrons. The molecule has 4 heteroatoms. The molecule has 1 unspecified atom stereocenters. The second kappa shape index (κ2) is 3.51. The molecule has 1 atom stereocenters. The van der Waals surface area contributed by atoms with Crippen molar-refractivity contribution < 1.29 is 13.7 Å². The van der Waals surface area contributed by atoms with E-state index in [9.17, 15) is 0 Å². The maximum Gasteiger partial charge on any atom is 0.0961 e. The first-order valence-electron chi connectivity index (χ1n) is 3.86. The lowest BCUT2D eigenvalue weighted by atomic mass is 10.1. The number of furan rings is 1. The number of hydrogen-bond donors (Lipinski definition) is 1. The summed E-state index contributed by atoms with van der Waals surface area (Å²) in [6.07, 6.45) is 4.28. The highest BCUT2D eigenvalue weighted by molar-refractivity contribution is 7.95. The van der Waals surface area contributed by atoms with Gasteiger partial charge >= 0.3 is 0 Å². The van der Waals surface area contributed by atoms with Gasteiger partial charge in [0.2, 0.25) is 0 Å². The zero-order valence-electron chi connectivity index (χ0n) is 6.53. The molecule has 1 aromatic rings. The van der Waals surface area contributed by atoms with Crippen molar-refractivity contribution in [2.45, 2.75) is 18.3 Å². The normalized spacial score (nSPS) is 23.2. The van der Waals surface area contributed by atoms with E-state index in [1.165, 1.54) is 12.0 Å². The first kappa shape index (κ1) is 8.16. The van der Waals surface area contributed by atoms with Gasteiger partial charge in [-0.15, -0.1) is 0 Å². The van der Waals surface area contributed by atoms with E-state index in [0.717, 1.165) is 24.2 Å². The predicted octanol–water partition coefficient (Wildman–Crippen LogP) is 1.88. The molecule has 12 heavy (non-hydrogen) atoms. The smallest absolute Gasteiger partial charge is 0.0961 e. The highest BCUT2D eigenvalue weighted by Gasteiger charge is 2.22. The van der Waals surface area contributed by atoms with E-state index in [0.29, 0.717) is 5.25 Å². The van der Waals surface area contributed by atoms with Crippen LogP contribution in [-0.2, 0) is 10.8 Å². The fourth-order valence-electron chi connectivity index (χ4n) is 1.29. The monoisotopic (exact) mass is 186 g/mol. The highest BCUT2D eigenvalue weighted by atomic mass is 32.2. The van der Waals surface area contributed by atoms with Crippen LogP contribution < -0.4 is 0 Å². The van der Waals surface area contributed by atoms with Crippen LogP contribution in [0.4, 0.5) is 0 Å². The van der Waals surface area contributed by atoms with Crippen molar-refractivity contribution in [1.82, 2.24) is 0 Å². The molecule has 66 valence electrons. The molecule has 1 aliphatic rings. The summed E-state index contributed by atoms with van der Waals surface area (Å²) in [5, 5.41) is 9.30. The van der Waals surface area contributed by atoms with Crippen LogP contribution in [0.1, 0.15) is 22.8 Å². The second-order valence-electron chi connectivity index (χ2n) is 2.71. The van der Waals surface area contributed by atoms with Crippen LogP contribution in [0.2, 0.25) is 0 Å². The van der Waals surface area contributed by atoms with Gasteiger partial charge in [-0.2, -0.15) is 0 Å². The molecule has 0 bridgehead atoms. The molecule has 0 amide bonds. The topological polar surface area (TPSA) is 42.6 Å². The van der Waals surface area contributed by atoms with E-state index in [1.54, 1.807) is 12.5 Å². The van der Waals surface area contributed by atoms with E-state index in [4.69, 9.17) is 13.7 Å². The molecule has 0 saturated carbocycles. The summed E-state index contributed by atoms with van der Waals surface area (Å²) >= 11 is 1.46. The van der Waals surface area contributed by atoms with Gasteiger partial charge in [-0.25, -0.2) is 0 Å². The van der Waals surface area contributed by atoms with Crippen LogP contribution in [0.3, 0.4) is 0 Å². The Kier molecular flexibility index (Phi) is 2.39. The summed E-state index contributed by atoms with van der Waals surface area (Å²) in [7, 11) is 0. The lowest BCUT2D eigenvalue weighted by Crippen LogP contribution is -1.92. The molecule has 0 aliphatic carbocycles. The summed E-state index contributed by atoms with van der Waals surface area (Å²) in [5.41, 5.74) is 1.94. The molecular weight excluding hydrogens is 176 g/mol. The zero-order chi connectivity index (χ0) is 8.39. The molecule has 3 nitrogen and oxygen atoms in total. The third-order valence-corrected chi connectivity index (χ3v) is 2.97. The minimum atomic E-state index is 0.0445.